The van der Waals surface area contributed by atoms with Gasteiger partial charge in [-0.25, -0.2) is 5.48 Å². The first-order chi connectivity index (χ1) is 12.7. The average molecular weight is 355 g/mol. The molecule has 26 heavy (non-hydrogen) atoms. The highest BCUT2D eigenvalue weighted by atomic mass is 16.5. The molecular weight excluding hydrogens is 334 g/mol. The van der Waals surface area contributed by atoms with Crippen molar-refractivity contribution in [2.75, 3.05) is 5.32 Å². The van der Waals surface area contributed by atoms with Gasteiger partial charge in [-0.2, -0.15) is 0 Å². The van der Waals surface area contributed by atoms with Gasteiger partial charge < -0.3 is 10.1 Å². The van der Waals surface area contributed by atoms with Crippen LogP contribution in [0.1, 0.15) is 24.8 Å². The fourth-order valence-electron chi connectivity index (χ4n) is 3.19. The largest absolute Gasteiger partial charge is 0.489 e. The van der Waals surface area contributed by atoms with Crippen LogP contribution in [0.25, 0.3) is 0 Å². The summed E-state index contributed by atoms with van der Waals surface area (Å²) < 4.78 is 5.69. The maximum absolute atomic E-state index is 12.4. The summed E-state index contributed by atoms with van der Waals surface area (Å²) in [5, 5.41) is 11.6. The van der Waals surface area contributed by atoms with E-state index in [1.54, 1.807) is 42.1 Å². The van der Waals surface area contributed by atoms with Crippen molar-refractivity contribution in [1.29, 1.82) is 0 Å². The molecule has 0 bridgehead atoms. The minimum Gasteiger partial charge on any atom is -0.489 e. The highest BCUT2D eigenvalue weighted by Gasteiger charge is 2.37. The molecule has 0 aliphatic heterocycles. The molecule has 1 aliphatic carbocycles. The summed E-state index contributed by atoms with van der Waals surface area (Å²) in [6, 6.07) is 10.8. The fourth-order valence-corrected chi connectivity index (χ4v) is 3.19. The van der Waals surface area contributed by atoms with Gasteiger partial charge in [-0.3, -0.25) is 19.8 Å². The summed E-state index contributed by atoms with van der Waals surface area (Å²) in [6.45, 7) is 0.439. The third-order valence-electron chi connectivity index (χ3n) is 4.58. The van der Waals surface area contributed by atoms with E-state index in [0.717, 1.165) is 12.0 Å². The Kier molecular flexibility index (Phi) is 5.80. The van der Waals surface area contributed by atoms with E-state index in [2.05, 4.69) is 10.3 Å². The standard InChI is InChI=1S/C19H21N3O4/c23-18(16-2-1-3-17(16)19(24)22-25)21-14-4-6-15(7-5-14)26-12-13-8-10-20-11-9-13/h4-11,16-17,25H,1-3,12H2,(H,21,23)(H,22,24). The SMILES string of the molecule is O=C(NO)C1CCCC1C(=O)Nc1ccc(OCc2ccncc2)cc1. The van der Waals surface area contributed by atoms with Gasteiger partial charge in [0.05, 0.1) is 5.92 Å². The zero-order chi connectivity index (χ0) is 18.4. The van der Waals surface area contributed by atoms with E-state index in [1.807, 2.05) is 12.1 Å². The Balaban J connectivity index is 1.55. The Morgan fingerprint density at radius 1 is 1.04 bits per heavy atom. The molecule has 1 aromatic heterocycles. The van der Waals surface area contributed by atoms with Crippen molar-refractivity contribution < 1.29 is 19.5 Å². The zero-order valence-electron chi connectivity index (χ0n) is 14.2. The number of ether oxygens (including phenoxy) is 1. The third kappa shape index (κ3) is 4.37. The molecule has 1 saturated carbocycles. The van der Waals surface area contributed by atoms with Crippen molar-refractivity contribution in [3.8, 4) is 5.75 Å². The van der Waals surface area contributed by atoms with Crippen LogP contribution < -0.4 is 15.5 Å². The molecule has 7 heteroatoms. The van der Waals surface area contributed by atoms with E-state index < -0.39 is 17.7 Å². The Morgan fingerprint density at radius 2 is 1.69 bits per heavy atom. The number of aromatic nitrogens is 1. The van der Waals surface area contributed by atoms with Crippen LogP contribution in [0.5, 0.6) is 5.75 Å². The number of anilines is 1. The molecule has 2 unspecified atom stereocenters. The molecule has 2 atom stereocenters. The lowest BCUT2D eigenvalue weighted by Gasteiger charge is -2.17. The van der Waals surface area contributed by atoms with Crippen molar-refractivity contribution in [2.45, 2.75) is 25.9 Å². The molecule has 3 rings (SSSR count). The van der Waals surface area contributed by atoms with Crippen molar-refractivity contribution >= 4 is 17.5 Å². The summed E-state index contributed by atoms with van der Waals surface area (Å²) in [7, 11) is 0. The summed E-state index contributed by atoms with van der Waals surface area (Å²) >= 11 is 0. The van der Waals surface area contributed by atoms with Crippen molar-refractivity contribution in [2.24, 2.45) is 11.8 Å². The Labute approximate surface area is 151 Å². The average Bonchev–Trinajstić information content (AvgIpc) is 3.18. The number of benzene rings is 1. The smallest absolute Gasteiger partial charge is 0.247 e. The van der Waals surface area contributed by atoms with Gasteiger partial charge in [0.15, 0.2) is 0 Å². The number of pyridine rings is 1. The van der Waals surface area contributed by atoms with Crippen LogP contribution in [-0.4, -0.2) is 22.0 Å². The van der Waals surface area contributed by atoms with Gasteiger partial charge in [0.25, 0.3) is 0 Å². The van der Waals surface area contributed by atoms with E-state index in [9.17, 15) is 9.59 Å². The minimum atomic E-state index is -0.498. The number of hydrogen-bond donors (Lipinski definition) is 3. The lowest BCUT2D eigenvalue weighted by Crippen LogP contribution is -2.35. The molecule has 0 radical (unpaired) electrons. The second kappa shape index (κ2) is 8.44. The monoisotopic (exact) mass is 355 g/mol. The number of hydroxylamine groups is 1. The molecule has 1 aromatic carbocycles. The predicted molar refractivity (Wildman–Crippen MR) is 94.4 cm³/mol. The molecule has 2 aromatic rings. The van der Waals surface area contributed by atoms with Crippen LogP contribution in [0.15, 0.2) is 48.8 Å². The van der Waals surface area contributed by atoms with E-state index in [-0.39, 0.29) is 5.91 Å². The first kappa shape index (κ1) is 17.9. The highest BCUT2D eigenvalue weighted by Crippen LogP contribution is 2.33. The lowest BCUT2D eigenvalue weighted by atomic mass is 9.94. The summed E-state index contributed by atoms with van der Waals surface area (Å²) in [6.07, 6.45) is 5.45. The predicted octanol–water partition coefficient (Wildman–Crippen LogP) is 2.52. The van der Waals surface area contributed by atoms with Gasteiger partial charge in [-0.05, 0) is 54.8 Å². The van der Waals surface area contributed by atoms with Crippen LogP contribution in [-0.2, 0) is 16.2 Å². The summed E-state index contributed by atoms with van der Waals surface area (Å²) in [5.41, 5.74) is 3.31. The van der Waals surface area contributed by atoms with Crippen LogP contribution in [0.2, 0.25) is 0 Å². The molecule has 136 valence electrons. The number of hydrogen-bond acceptors (Lipinski definition) is 5. The van der Waals surface area contributed by atoms with Gasteiger partial charge in [-0.15, -0.1) is 0 Å². The quantitative estimate of drug-likeness (QED) is 0.546. The number of carbonyl (C=O) groups is 2. The second-order valence-electron chi connectivity index (χ2n) is 6.28. The van der Waals surface area contributed by atoms with Crippen molar-refractivity contribution in [1.82, 2.24) is 10.5 Å². The lowest BCUT2D eigenvalue weighted by molar-refractivity contribution is -0.137. The molecule has 1 aliphatic rings. The second-order valence-corrected chi connectivity index (χ2v) is 6.28. The van der Waals surface area contributed by atoms with Crippen molar-refractivity contribution in [3.63, 3.8) is 0 Å². The first-order valence-electron chi connectivity index (χ1n) is 8.54. The van der Waals surface area contributed by atoms with Crippen LogP contribution in [0.4, 0.5) is 5.69 Å². The van der Waals surface area contributed by atoms with Crippen LogP contribution >= 0.6 is 0 Å². The normalized spacial score (nSPS) is 19.0. The third-order valence-corrected chi connectivity index (χ3v) is 4.58. The molecular formula is C19H21N3O4. The number of nitrogens with one attached hydrogen (secondary N) is 2. The van der Waals surface area contributed by atoms with Gasteiger partial charge in [0, 0.05) is 24.0 Å². The van der Waals surface area contributed by atoms with E-state index in [1.165, 1.54) is 0 Å². The topological polar surface area (TPSA) is 101 Å². The molecule has 0 spiro atoms. The van der Waals surface area contributed by atoms with E-state index >= 15 is 0 Å². The maximum atomic E-state index is 12.4. The molecule has 7 nitrogen and oxygen atoms in total. The number of rotatable bonds is 6. The molecule has 1 fully saturated rings. The van der Waals surface area contributed by atoms with Gasteiger partial charge >= 0.3 is 0 Å². The molecule has 2 amide bonds. The number of amides is 2. The molecule has 0 saturated heterocycles. The summed E-state index contributed by atoms with van der Waals surface area (Å²) in [5.74, 6) is -0.921. The minimum absolute atomic E-state index is 0.207. The number of nitrogens with zero attached hydrogens (tertiary/aromatic N) is 1. The molecule has 3 N–H and O–H groups in total. The van der Waals surface area contributed by atoms with Crippen LogP contribution in [0.3, 0.4) is 0 Å². The van der Waals surface area contributed by atoms with Gasteiger partial charge in [0.2, 0.25) is 11.8 Å². The number of carbonyl (C=O) groups excluding carboxylic acids is 2. The Hall–Kier alpha value is -2.93. The Morgan fingerprint density at radius 3 is 2.35 bits per heavy atom. The van der Waals surface area contributed by atoms with Gasteiger partial charge in [-0.1, -0.05) is 6.42 Å². The zero-order valence-corrected chi connectivity index (χ0v) is 14.2. The Bertz CT molecular complexity index is 749. The maximum Gasteiger partial charge on any atom is 0.247 e. The van der Waals surface area contributed by atoms with Crippen molar-refractivity contribution in [3.05, 3.63) is 54.4 Å². The van der Waals surface area contributed by atoms with Gasteiger partial charge in [0.1, 0.15) is 12.4 Å². The fraction of sp³-hybridized carbons (Fsp3) is 0.316. The first-order valence-corrected chi connectivity index (χ1v) is 8.54. The summed E-state index contributed by atoms with van der Waals surface area (Å²) in [4.78, 5) is 28.0. The van der Waals surface area contributed by atoms with Crippen LogP contribution in [0, 0.1) is 11.8 Å². The van der Waals surface area contributed by atoms with E-state index in [0.29, 0.717) is 30.9 Å². The molecule has 1 heterocycles. The van der Waals surface area contributed by atoms with E-state index in [4.69, 9.17) is 9.94 Å². The highest BCUT2D eigenvalue weighted by molar-refractivity contribution is 5.96.